The summed E-state index contributed by atoms with van der Waals surface area (Å²) in [6.45, 7) is 3.28. The summed E-state index contributed by atoms with van der Waals surface area (Å²) in [6.07, 6.45) is 1.20. The van der Waals surface area contributed by atoms with Crippen LogP contribution in [0.1, 0.15) is 0 Å². The van der Waals surface area contributed by atoms with Gasteiger partial charge in [0.25, 0.3) is 5.69 Å². The van der Waals surface area contributed by atoms with Gasteiger partial charge < -0.3 is 4.18 Å². The first-order valence-corrected chi connectivity index (χ1v) is 5.80. The van der Waals surface area contributed by atoms with Crippen molar-refractivity contribution in [2.24, 2.45) is 0 Å². The van der Waals surface area contributed by atoms with Gasteiger partial charge in [-0.05, 0) is 12.1 Å². The van der Waals surface area contributed by atoms with Crippen molar-refractivity contribution in [3.05, 3.63) is 47.0 Å². The molecule has 0 unspecified atom stereocenters. The molecule has 0 heterocycles. The third kappa shape index (κ3) is 3.35. The van der Waals surface area contributed by atoms with Crippen LogP contribution in [0.4, 0.5) is 5.69 Å². The molecule has 0 amide bonds. The highest BCUT2D eigenvalue weighted by Crippen LogP contribution is 2.18. The molecule has 0 spiro atoms. The first-order valence-electron chi connectivity index (χ1n) is 4.22. The molecular weight excluding hydrogens is 234 g/mol. The number of nitro benzene ring substituents is 1. The molecule has 0 radical (unpaired) electrons. The summed E-state index contributed by atoms with van der Waals surface area (Å²) in [5, 5.41) is 10.3. The Labute approximate surface area is 92.4 Å². The summed E-state index contributed by atoms with van der Waals surface area (Å²) in [5.41, 5.74) is -0.131. The van der Waals surface area contributed by atoms with E-state index in [2.05, 4.69) is 10.8 Å². The summed E-state index contributed by atoms with van der Waals surface area (Å²) < 4.78 is 27.0. The lowest BCUT2D eigenvalue weighted by molar-refractivity contribution is -0.384. The van der Waals surface area contributed by atoms with Crippen molar-refractivity contribution >= 4 is 15.8 Å². The highest BCUT2D eigenvalue weighted by Gasteiger charge is 2.11. The highest BCUT2D eigenvalue weighted by atomic mass is 32.2. The van der Waals surface area contributed by atoms with Crippen LogP contribution in [0, 0.1) is 10.1 Å². The molecule has 0 aliphatic carbocycles. The Bertz CT molecular complexity index is 491. The molecule has 0 aromatic heterocycles. The molecule has 7 heteroatoms. The predicted octanol–water partition coefficient (Wildman–Crippen LogP) is 1.49. The van der Waals surface area contributed by atoms with E-state index in [4.69, 9.17) is 0 Å². The quantitative estimate of drug-likeness (QED) is 0.338. The van der Waals surface area contributed by atoms with Gasteiger partial charge in [0.1, 0.15) is 11.5 Å². The topological polar surface area (TPSA) is 86.5 Å². The number of benzene rings is 1. The van der Waals surface area contributed by atoms with E-state index in [1.165, 1.54) is 30.3 Å². The number of hydrogen-bond acceptors (Lipinski definition) is 5. The SMILES string of the molecule is C=CCS(=O)(=O)Oc1ccc([N+](=O)[O-])cc1. The molecule has 16 heavy (non-hydrogen) atoms. The van der Waals surface area contributed by atoms with E-state index >= 15 is 0 Å². The van der Waals surface area contributed by atoms with Crippen molar-refractivity contribution in [1.29, 1.82) is 0 Å². The van der Waals surface area contributed by atoms with Crippen molar-refractivity contribution < 1.29 is 17.5 Å². The predicted molar refractivity (Wildman–Crippen MR) is 57.7 cm³/mol. The first kappa shape index (κ1) is 12.2. The van der Waals surface area contributed by atoms with Gasteiger partial charge in [-0.1, -0.05) is 6.08 Å². The standard InChI is InChI=1S/C9H9NO5S/c1-2-7-16(13,14)15-9-5-3-8(4-6-9)10(11)12/h2-6H,1,7H2. The van der Waals surface area contributed by atoms with E-state index in [1.54, 1.807) is 0 Å². The number of nitro groups is 1. The third-order valence-corrected chi connectivity index (χ3v) is 2.68. The van der Waals surface area contributed by atoms with Crippen molar-refractivity contribution in [1.82, 2.24) is 0 Å². The molecule has 0 aliphatic rings. The second-order valence-electron chi connectivity index (χ2n) is 2.85. The molecule has 1 aromatic rings. The normalized spacial score (nSPS) is 10.8. The molecule has 0 N–H and O–H groups in total. The lowest BCUT2D eigenvalue weighted by Crippen LogP contribution is -2.11. The molecule has 0 bridgehead atoms. The van der Waals surface area contributed by atoms with Gasteiger partial charge in [0.05, 0.1) is 4.92 Å². The van der Waals surface area contributed by atoms with Crippen LogP contribution < -0.4 is 4.18 Å². The lowest BCUT2D eigenvalue weighted by atomic mass is 10.3. The Balaban J connectivity index is 2.84. The van der Waals surface area contributed by atoms with Crippen molar-refractivity contribution in [2.45, 2.75) is 0 Å². The van der Waals surface area contributed by atoms with Gasteiger partial charge in [-0.3, -0.25) is 10.1 Å². The summed E-state index contributed by atoms with van der Waals surface area (Å²) in [4.78, 5) is 9.75. The average molecular weight is 243 g/mol. The Morgan fingerprint density at radius 3 is 2.38 bits per heavy atom. The van der Waals surface area contributed by atoms with Crippen LogP contribution in [0.3, 0.4) is 0 Å². The molecule has 0 atom stereocenters. The minimum absolute atomic E-state index is 0.0347. The fourth-order valence-electron chi connectivity index (χ4n) is 0.948. The zero-order valence-electron chi connectivity index (χ0n) is 8.20. The minimum Gasteiger partial charge on any atom is -0.382 e. The van der Waals surface area contributed by atoms with Crippen LogP contribution >= 0.6 is 0 Å². The van der Waals surface area contributed by atoms with E-state index in [0.717, 1.165) is 0 Å². The third-order valence-electron chi connectivity index (χ3n) is 1.59. The van der Waals surface area contributed by atoms with Crippen LogP contribution in [-0.2, 0) is 10.1 Å². The Morgan fingerprint density at radius 1 is 1.38 bits per heavy atom. The van der Waals surface area contributed by atoms with Crippen LogP contribution in [0.5, 0.6) is 5.75 Å². The molecule has 0 saturated heterocycles. The summed E-state index contributed by atoms with van der Waals surface area (Å²) in [5.74, 6) is -0.281. The molecule has 0 aliphatic heterocycles. The van der Waals surface area contributed by atoms with Crippen molar-refractivity contribution in [2.75, 3.05) is 5.75 Å². The molecule has 1 aromatic carbocycles. The maximum atomic E-state index is 11.2. The van der Waals surface area contributed by atoms with E-state index in [-0.39, 0.29) is 17.2 Å². The summed E-state index contributed by atoms with van der Waals surface area (Å²) in [7, 11) is -3.71. The number of hydrogen-bond donors (Lipinski definition) is 0. The van der Waals surface area contributed by atoms with Gasteiger partial charge in [0.15, 0.2) is 0 Å². The molecule has 86 valence electrons. The smallest absolute Gasteiger partial charge is 0.312 e. The second-order valence-corrected chi connectivity index (χ2v) is 4.46. The zero-order chi connectivity index (χ0) is 12.2. The van der Waals surface area contributed by atoms with E-state index in [1.807, 2.05) is 0 Å². The van der Waals surface area contributed by atoms with Gasteiger partial charge in [0, 0.05) is 12.1 Å². The zero-order valence-corrected chi connectivity index (χ0v) is 9.01. The van der Waals surface area contributed by atoms with E-state index < -0.39 is 15.0 Å². The first-order chi connectivity index (χ1) is 7.44. The number of rotatable bonds is 5. The minimum atomic E-state index is -3.71. The van der Waals surface area contributed by atoms with Crippen LogP contribution in [0.25, 0.3) is 0 Å². The van der Waals surface area contributed by atoms with Crippen LogP contribution in [0.15, 0.2) is 36.9 Å². The molecular formula is C9H9NO5S. The average Bonchev–Trinajstić information content (AvgIpc) is 2.17. The van der Waals surface area contributed by atoms with E-state index in [9.17, 15) is 18.5 Å². The van der Waals surface area contributed by atoms with Crippen LogP contribution in [0.2, 0.25) is 0 Å². The number of non-ortho nitro benzene ring substituents is 1. The fourth-order valence-corrected chi connectivity index (χ4v) is 1.71. The number of nitrogens with zero attached hydrogens (tertiary/aromatic N) is 1. The van der Waals surface area contributed by atoms with Gasteiger partial charge in [0.2, 0.25) is 0 Å². The Morgan fingerprint density at radius 2 is 1.94 bits per heavy atom. The summed E-state index contributed by atoms with van der Waals surface area (Å²) in [6, 6.07) is 4.77. The molecule has 0 saturated carbocycles. The molecule has 0 fully saturated rings. The van der Waals surface area contributed by atoms with Crippen molar-refractivity contribution in [3.8, 4) is 5.75 Å². The molecule has 1 rings (SSSR count). The second kappa shape index (κ2) is 4.75. The van der Waals surface area contributed by atoms with Gasteiger partial charge in [-0.15, -0.1) is 6.58 Å². The Kier molecular flexibility index (Phi) is 3.62. The maximum absolute atomic E-state index is 11.2. The van der Waals surface area contributed by atoms with E-state index in [0.29, 0.717) is 0 Å². The monoisotopic (exact) mass is 243 g/mol. The van der Waals surface area contributed by atoms with Gasteiger partial charge in [-0.25, -0.2) is 0 Å². The fraction of sp³-hybridized carbons (Fsp3) is 0.111. The Hall–Kier alpha value is -1.89. The summed E-state index contributed by atoms with van der Waals surface area (Å²) >= 11 is 0. The van der Waals surface area contributed by atoms with Crippen molar-refractivity contribution in [3.63, 3.8) is 0 Å². The van der Waals surface area contributed by atoms with Gasteiger partial charge >= 0.3 is 10.1 Å². The largest absolute Gasteiger partial charge is 0.382 e. The lowest BCUT2D eigenvalue weighted by Gasteiger charge is -2.03. The molecule has 6 nitrogen and oxygen atoms in total. The highest BCUT2D eigenvalue weighted by molar-refractivity contribution is 7.87. The maximum Gasteiger partial charge on any atom is 0.312 e. The van der Waals surface area contributed by atoms with Gasteiger partial charge in [-0.2, -0.15) is 8.42 Å². The van der Waals surface area contributed by atoms with Crippen LogP contribution in [-0.4, -0.2) is 19.1 Å².